The molecule has 0 radical (unpaired) electrons. The molecular weight excluding hydrogens is 242 g/mol. The van der Waals surface area contributed by atoms with Gasteiger partial charge in [-0.2, -0.15) is 0 Å². The van der Waals surface area contributed by atoms with Crippen molar-refractivity contribution in [2.24, 2.45) is 11.3 Å². The van der Waals surface area contributed by atoms with Crippen LogP contribution in [0.5, 0.6) is 0 Å². The van der Waals surface area contributed by atoms with Crippen LogP contribution in [0.15, 0.2) is 0 Å². The van der Waals surface area contributed by atoms with Gasteiger partial charge in [-0.05, 0) is 40.0 Å². The fourth-order valence-electron chi connectivity index (χ4n) is 2.47. The van der Waals surface area contributed by atoms with E-state index in [0.717, 1.165) is 6.42 Å². The number of hydrogen-bond donors (Lipinski definition) is 2. The average molecular weight is 269 g/mol. The zero-order valence-corrected chi connectivity index (χ0v) is 12.6. The first-order valence-corrected chi connectivity index (χ1v) is 7.21. The number of hydrogen-bond acceptors (Lipinski definition) is 2. The van der Waals surface area contributed by atoms with Crippen molar-refractivity contribution in [3.8, 4) is 0 Å². The predicted octanol–water partition coefficient (Wildman–Crippen LogP) is 2.96. The number of amides is 1. The molecule has 0 aromatic carbocycles. The lowest BCUT2D eigenvalue weighted by atomic mass is 9.74. The highest BCUT2D eigenvalue weighted by Crippen LogP contribution is 2.32. The number of nitrogens with one attached hydrogen (secondary N) is 1. The Bertz CT molecular complexity index is 341. The van der Waals surface area contributed by atoms with Crippen LogP contribution >= 0.6 is 0 Å². The summed E-state index contributed by atoms with van der Waals surface area (Å²) in [6.07, 6.45) is 6.46. The molecule has 0 aromatic heterocycles. The van der Waals surface area contributed by atoms with Crippen LogP contribution in [0.1, 0.15) is 66.2 Å². The molecule has 0 atom stereocenters. The quantitative estimate of drug-likeness (QED) is 0.779. The SMILES string of the molecule is CC(C)(NC(=O)CCC1CCCC1)C(C)(C)C(=O)O. The zero-order chi connectivity index (χ0) is 14.7. The minimum atomic E-state index is -0.990. The van der Waals surface area contributed by atoms with Gasteiger partial charge in [-0.1, -0.05) is 25.7 Å². The van der Waals surface area contributed by atoms with Gasteiger partial charge in [-0.25, -0.2) is 0 Å². The fraction of sp³-hybridized carbons (Fsp3) is 0.867. The Hall–Kier alpha value is -1.06. The molecule has 0 unspecified atom stereocenters. The second-order valence-electron chi connectivity index (χ2n) is 6.79. The van der Waals surface area contributed by atoms with Crippen molar-refractivity contribution in [1.29, 1.82) is 0 Å². The number of carbonyl (C=O) groups is 2. The van der Waals surface area contributed by atoms with Crippen molar-refractivity contribution in [2.45, 2.75) is 71.8 Å². The van der Waals surface area contributed by atoms with Gasteiger partial charge in [0.2, 0.25) is 5.91 Å². The van der Waals surface area contributed by atoms with Gasteiger partial charge in [-0.3, -0.25) is 9.59 Å². The Morgan fingerprint density at radius 3 is 2.16 bits per heavy atom. The summed E-state index contributed by atoms with van der Waals surface area (Å²) >= 11 is 0. The van der Waals surface area contributed by atoms with Crippen molar-refractivity contribution >= 4 is 11.9 Å². The van der Waals surface area contributed by atoms with E-state index in [1.807, 2.05) is 0 Å². The molecule has 0 saturated heterocycles. The van der Waals surface area contributed by atoms with Gasteiger partial charge in [0.15, 0.2) is 0 Å². The van der Waals surface area contributed by atoms with E-state index < -0.39 is 16.9 Å². The molecule has 4 nitrogen and oxygen atoms in total. The molecule has 2 N–H and O–H groups in total. The predicted molar refractivity (Wildman–Crippen MR) is 74.8 cm³/mol. The van der Waals surface area contributed by atoms with Crippen LogP contribution in [0.2, 0.25) is 0 Å². The van der Waals surface area contributed by atoms with E-state index in [9.17, 15) is 14.7 Å². The number of carboxylic acid groups (broad SMARTS) is 1. The van der Waals surface area contributed by atoms with Gasteiger partial charge >= 0.3 is 5.97 Å². The molecule has 4 heteroatoms. The normalized spacial score (nSPS) is 17.5. The summed E-state index contributed by atoms with van der Waals surface area (Å²) in [5, 5.41) is 12.1. The molecule has 1 amide bonds. The zero-order valence-electron chi connectivity index (χ0n) is 12.6. The summed E-state index contributed by atoms with van der Waals surface area (Å²) in [5.41, 5.74) is -1.75. The summed E-state index contributed by atoms with van der Waals surface area (Å²) in [7, 11) is 0. The first-order chi connectivity index (χ1) is 8.67. The van der Waals surface area contributed by atoms with E-state index in [0.29, 0.717) is 12.3 Å². The maximum atomic E-state index is 12.0. The van der Waals surface area contributed by atoms with Gasteiger partial charge < -0.3 is 10.4 Å². The maximum Gasteiger partial charge on any atom is 0.311 e. The molecule has 1 saturated carbocycles. The second-order valence-corrected chi connectivity index (χ2v) is 6.79. The Balaban J connectivity index is 2.47. The van der Waals surface area contributed by atoms with Crippen LogP contribution in [0.3, 0.4) is 0 Å². The minimum Gasteiger partial charge on any atom is -0.481 e. The van der Waals surface area contributed by atoms with Crippen molar-refractivity contribution in [1.82, 2.24) is 5.32 Å². The summed E-state index contributed by atoms with van der Waals surface area (Å²) in [4.78, 5) is 23.2. The molecule has 0 aromatic rings. The Morgan fingerprint density at radius 2 is 1.68 bits per heavy atom. The van der Waals surface area contributed by atoms with E-state index in [-0.39, 0.29) is 5.91 Å². The van der Waals surface area contributed by atoms with Crippen LogP contribution in [-0.4, -0.2) is 22.5 Å². The number of carboxylic acids is 1. The van der Waals surface area contributed by atoms with Crippen molar-refractivity contribution in [2.75, 3.05) is 0 Å². The van der Waals surface area contributed by atoms with E-state index in [2.05, 4.69) is 5.32 Å². The Kier molecular flexibility index (Phi) is 4.99. The molecule has 1 rings (SSSR count). The largest absolute Gasteiger partial charge is 0.481 e. The Labute approximate surface area is 116 Å². The first-order valence-electron chi connectivity index (χ1n) is 7.21. The number of rotatable bonds is 6. The fourth-order valence-corrected chi connectivity index (χ4v) is 2.47. The smallest absolute Gasteiger partial charge is 0.311 e. The second kappa shape index (κ2) is 5.93. The average Bonchev–Trinajstić information content (AvgIpc) is 2.78. The van der Waals surface area contributed by atoms with Crippen LogP contribution in [0, 0.1) is 11.3 Å². The van der Waals surface area contributed by atoms with Gasteiger partial charge in [0.25, 0.3) is 0 Å². The van der Waals surface area contributed by atoms with Crippen molar-refractivity contribution in [3.63, 3.8) is 0 Å². The summed E-state index contributed by atoms with van der Waals surface area (Å²) < 4.78 is 0. The van der Waals surface area contributed by atoms with Crippen LogP contribution < -0.4 is 5.32 Å². The van der Waals surface area contributed by atoms with Gasteiger partial charge in [0.1, 0.15) is 0 Å². The highest BCUT2D eigenvalue weighted by atomic mass is 16.4. The standard InChI is InChI=1S/C15H27NO3/c1-14(2,13(18)19)15(3,4)16-12(17)10-9-11-7-5-6-8-11/h11H,5-10H2,1-4H3,(H,16,17)(H,18,19). The maximum absolute atomic E-state index is 12.0. The summed E-state index contributed by atoms with van der Waals surface area (Å²) in [5.74, 6) is -0.249. The van der Waals surface area contributed by atoms with Gasteiger partial charge in [-0.15, -0.1) is 0 Å². The lowest BCUT2D eigenvalue weighted by Crippen LogP contribution is -2.56. The molecule has 19 heavy (non-hydrogen) atoms. The molecule has 1 fully saturated rings. The van der Waals surface area contributed by atoms with Crippen LogP contribution in [0.25, 0.3) is 0 Å². The van der Waals surface area contributed by atoms with E-state index >= 15 is 0 Å². The first kappa shape index (κ1) is 16.0. The van der Waals surface area contributed by atoms with Crippen molar-refractivity contribution < 1.29 is 14.7 Å². The number of aliphatic carboxylic acids is 1. The summed E-state index contributed by atoms with van der Waals surface area (Å²) in [6.45, 7) is 6.84. The van der Waals surface area contributed by atoms with Gasteiger partial charge in [0.05, 0.1) is 5.41 Å². The molecule has 1 aliphatic rings. The third kappa shape index (κ3) is 3.95. The molecule has 1 aliphatic carbocycles. The molecule has 0 aliphatic heterocycles. The third-order valence-electron chi connectivity index (χ3n) is 4.80. The molecule has 110 valence electrons. The molecule has 0 heterocycles. The number of carbonyl (C=O) groups excluding carboxylic acids is 1. The lowest BCUT2D eigenvalue weighted by Gasteiger charge is -2.38. The van der Waals surface area contributed by atoms with Crippen LogP contribution in [-0.2, 0) is 9.59 Å². The minimum absolute atomic E-state index is 0.0359. The summed E-state index contributed by atoms with van der Waals surface area (Å²) in [6, 6.07) is 0. The Morgan fingerprint density at radius 1 is 1.16 bits per heavy atom. The molecule has 0 spiro atoms. The van der Waals surface area contributed by atoms with E-state index in [4.69, 9.17) is 0 Å². The molecule has 0 bridgehead atoms. The topological polar surface area (TPSA) is 66.4 Å². The van der Waals surface area contributed by atoms with E-state index in [1.165, 1.54) is 25.7 Å². The van der Waals surface area contributed by atoms with Gasteiger partial charge in [0, 0.05) is 12.0 Å². The molecular formula is C15H27NO3. The lowest BCUT2D eigenvalue weighted by molar-refractivity contribution is -0.151. The highest BCUT2D eigenvalue weighted by molar-refractivity contribution is 5.80. The third-order valence-corrected chi connectivity index (χ3v) is 4.80. The van der Waals surface area contributed by atoms with E-state index in [1.54, 1.807) is 27.7 Å². The van der Waals surface area contributed by atoms with Crippen molar-refractivity contribution in [3.05, 3.63) is 0 Å². The monoisotopic (exact) mass is 269 g/mol. The van der Waals surface area contributed by atoms with Crippen LogP contribution in [0.4, 0.5) is 0 Å². The highest BCUT2D eigenvalue weighted by Gasteiger charge is 2.44.